The normalized spacial score (nSPS) is 14.7. The van der Waals surface area contributed by atoms with Crippen molar-refractivity contribution in [2.75, 3.05) is 13.7 Å². The zero-order valence-electron chi connectivity index (χ0n) is 21.1. The SMILES string of the molecule is CCOc1ccc(C2c3c(-c4cc(Cl)c(C)cc4O)n[nH]c3C(=O)N2Cc2ccc(C)cc2)cc1OC. The molecule has 0 bridgehead atoms. The maximum absolute atomic E-state index is 13.7. The third kappa shape index (κ3) is 4.40. The predicted molar refractivity (Wildman–Crippen MR) is 142 cm³/mol. The number of nitrogens with zero attached hydrogens (tertiary/aromatic N) is 2. The van der Waals surface area contributed by atoms with Gasteiger partial charge in [-0.25, -0.2) is 0 Å². The highest BCUT2D eigenvalue weighted by atomic mass is 35.5. The van der Waals surface area contributed by atoms with E-state index in [-0.39, 0.29) is 11.7 Å². The van der Waals surface area contributed by atoms with Crippen LogP contribution in [-0.2, 0) is 6.54 Å². The maximum atomic E-state index is 13.7. The van der Waals surface area contributed by atoms with Crippen LogP contribution >= 0.6 is 11.6 Å². The Kier molecular flexibility index (Phi) is 6.56. The number of aromatic hydroxyl groups is 1. The van der Waals surface area contributed by atoms with Crippen molar-refractivity contribution in [2.24, 2.45) is 0 Å². The zero-order valence-corrected chi connectivity index (χ0v) is 21.9. The minimum Gasteiger partial charge on any atom is -0.507 e. The summed E-state index contributed by atoms with van der Waals surface area (Å²) < 4.78 is 11.3. The number of hydrogen-bond acceptors (Lipinski definition) is 5. The largest absolute Gasteiger partial charge is 0.507 e. The van der Waals surface area contributed by atoms with Gasteiger partial charge >= 0.3 is 0 Å². The van der Waals surface area contributed by atoms with Crippen LogP contribution in [-0.4, -0.2) is 39.8 Å². The third-order valence-corrected chi connectivity index (χ3v) is 7.08. The molecule has 1 atom stereocenters. The van der Waals surface area contributed by atoms with Crippen LogP contribution in [0.5, 0.6) is 17.2 Å². The van der Waals surface area contributed by atoms with Crippen molar-refractivity contribution in [1.82, 2.24) is 15.1 Å². The van der Waals surface area contributed by atoms with Gasteiger partial charge in [-0.3, -0.25) is 9.89 Å². The molecule has 0 fully saturated rings. The van der Waals surface area contributed by atoms with Crippen molar-refractivity contribution in [2.45, 2.75) is 33.4 Å². The molecule has 37 heavy (non-hydrogen) atoms. The molecular weight excluding hydrogens is 490 g/mol. The summed E-state index contributed by atoms with van der Waals surface area (Å²) in [5.41, 5.74) is 5.73. The number of carbonyl (C=O) groups is 1. The van der Waals surface area contributed by atoms with Gasteiger partial charge in [-0.05, 0) is 61.7 Å². The molecule has 1 amide bonds. The molecule has 8 heteroatoms. The van der Waals surface area contributed by atoms with Crippen LogP contribution in [0.2, 0.25) is 5.02 Å². The molecule has 5 rings (SSSR count). The molecule has 0 saturated carbocycles. The van der Waals surface area contributed by atoms with Crippen LogP contribution < -0.4 is 9.47 Å². The highest BCUT2D eigenvalue weighted by molar-refractivity contribution is 6.31. The van der Waals surface area contributed by atoms with Crippen molar-refractivity contribution in [1.29, 1.82) is 0 Å². The smallest absolute Gasteiger partial charge is 0.273 e. The van der Waals surface area contributed by atoms with Gasteiger partial charge in [-0.15, -0.1) is 0 Å². The Hall–Kier alpha value is -3.97. The van der Waals surface area contributed by atoms with Gasteiger partial charge in [0.1, 0.15) is 17.1 Å². The molecule has 190 valence electrons. The molecule has 2 heterocycles. The standard InChI is InChI=1S/C29H28ClN3O4/c1-5-37-23-11-10-19(13-24(23)36-4)28-25-26(20-14-21(30)17(3)12-22(20)34)31-32-27(25)29(35)33(28)15-18-8-6-16(2)7-9-18/h6-14,28,34H,5,15H2,1-4H3,(H,31,32). The third-order valence-electron chi connectivity index (χ3n) is 6.67. The minimum atomic E-state index is -0.485. The van der Waals surface area contributed by atoms with Gasteiger partial charge in [0.2, 0.25) is 0 Å². The lowest BCUT2D eigenvalue weighted by Gasteiger charge is -2.27. The second kappa shape index (κ2) is 9.82. The monoisotopic (exact) mass is 517 g/mol. The molecule has 1 aliphatic heterocycles. The number of phenols is 1. The van der Waals surface area contributed by atoms with Crippen LogP contribution in [0.3, 0.4) is 0 Å². The van der Waals surface area contributed by atoms with Crippen molar-refractivity contribution in [3.63, 3.8) is 0 Å². The predicted octanol–water partition coefficient (Wildman–Crippen LogP) is 6.21. The molecule has 2 N–H and O–H groups in total. The van der Waals surface area contributed by atoms with E-state index in [1.165, 1.54) is 0 Å². The molecule has 4 aromatic rings. The number of fused-ring (bicyclic) bond motifs is 1. The van der Waals surface area contributed by atoms with Gasteiger partial charge in [0.25, 0.3) is 5.91 Å². The Balaban J connectivity index is 1.68. The van der Waals surface area contributed by atoms with E-state index in [9.17, 15) is 9.90 Å². The number of methoxy groups -OCH3 is 1. The van der Waals surface area contributed by atoms with Crippen LogP contribution in [0.4, 0.5) is 0 Å². The number of ether oxygens (including phenoxy) is 2. The van der Waals surface area contributed by atoms with Gasteiger partial charge in [-0.2, -0.15) is 5.10 Å². The summed E-state index contributed by atoms with van der Waals surface area (Å²) >= 11 is 6.41. The van der Waals surface area contributed by atoms with Crippen LogP contribution in [0.1, 0.15) is 51.3 Å². The average Bonchev–Trinajstić information content (AvgIpc) is 3.42. The summed E-state index contributed by atoms with van der Waals surface area (Å²) in [7, 11) is 1.59. The number of aromatic amines is 1. The zero-order chi connectivity index (χ0) is 26.3. The lowest BCUT2D eigenvalue weighted by Crippen LogP contribution is -2.29. The van der Waals surface area contributed by atoms with Crippen LogP contribution in [0.25, 0.3) is 11.3 Å². The number of H-pyrrole nitrogens is 1. The number of halogens is 1. The minimum absolute atomic E-state index is 0.0451. The lowest BCUT2D eigenvalue weighted by atomic mass is 9.94. The van der Waals surface area contributed by atoms with E-state index in [0.717, 1.165) is 22.3 Å². The number of rotatable bonds is 7. The highest BCUT2D eigenvalue weighted by Crippen LogP contribution is 2.47. The van der Waals surface area contributed by atoms with Gasteiger partial charge in [0.15, 0.2) is 11.5 Å². The summed E-state index contributed by atoms with van der Waals surface area (Å²) in [6, 6.07) is 16.6. The van der Waals surface area contributed by atoms with Crippen molar-refractivity contribution < 1.29 is 19.4 Å². The lowest BCUT2D eigenvalue weighted by molar-refractivity contribution is 0.0730. The summed E-state index contributed by atoms with van der Waals surface area (Å²) in [4.78, 5) is 15.5. The number of aromatic nitrogens is 2. The quantitative estimate of drug-likeness (QED) is 0.304. The fraction of sp³-hybridized carbons (Fsp3) is 0.241. The molecule has 0 spiro atoms. The van der Waals surface area contributed by atoms with E-state index in [2.05, 4.69) is 10.2 Å². The number of aryl methyl sites for hydroxylation is 2. The first-order chi connectivity index (χ1) is 17.8. The highest BCUT2D eigenvalue weighted by Gasteiger charge is 2.43. The summed E-state index contributed by atoms with van der Waals surface area (Å²) in [6.45, 7) is 6.66. The molecule has 7 nitrogen and oxygen atoms in total. The van der Waals surface area contributed by atoms with Gasteiger partial charge in [0, 0.05) is 22.7 Å². The maximum Gasteiger partial charge on any atom is 0.273 e. The van der Waals surface area contributed by atoms with E-state index in [1.807, 2.05) is 63.2 Å². The van der Waals surface area contributed by atoms with Crippen LogP contribution in [0.15, 0.2) is 54.6 Å². The van der Waals surface area contributed by atoms with Gasteiger partial charge in [0.05, 0.1) is 19.8 Å². The first-order valence-electron chi connectivity index (χ1n) is 12.1. The van der Waals surface area contributed by atoms with Gasteiger partial charge < -0.3 is 19.5 Å². The number of nitrogens with one attached hydrogen (secondary N) is 1. The van der Waals surface area contributed by atoms with Crippen molar-refractivity contribution >= 4 is 17.5 Å². The van der Waals surface area contributed by atoms with E-state index >= 15 is 0 Å². The molecule has 0 aliphatic carbocycles. The average molecular weight is 518 g/mol. The van der Waals surface area contributed by atoms with E-state index < -0.39 is 6.04 Å². The van der Waals surface area contributed by atoms with Gasteiger partial charge in [-0.1, -0.05) is 47.5 Å². The topological polar surface area (TPSA) is 87.7 Å². The van der Waals surface area contributed by atoms with Crippen molar-refractivity contribution in [3.8, 4) is 28.5 Å². The Morgan fingerprint density at radius 1 is 1.08 bits per heavy atom. The van der Waals surface area contributed by atoms with Crippen molar-refractivity contribution in [3.05, 3.63) is 93.1 Å². The molecule has 0 radical (unpaired) electrons. The fourth-order valence-electron chi connectivity index (χ4n) is 4.79. The Morgan fingerprint density at radius 3 is 2.54 bits per heavy atom. The second-order valence-corrected chi connectivity index (χ2v) is 9.55. The number of carbonyl (C=O) groups excluding carboxylic acids is 1. The molecular formula is C29H28ClN3O4. The summed E-state index contributed by atoms with van der Waals surface area (Å²) in [5.74, 6) is 1.06. The number of hydrogen-bond donors (Lipinski definition) is 2. The summed E-state index contributed by atoms with van der Waals surface area (Å²) in [6.07, 6.45) is 0. The first kappa shape index (κ1) is 24.7. The van der Waals surface area contributed by atoms with E-state index in [1.54, 1.807) is 24.1 Å². The fourth-order valence-corrected chi connectivity index (χ4v) is 4.95. The Bertz CT molecular complexity index is 1480. The molecule has 1 aromatic heterocycles. The summed E-state index contributed by atoms with van der Waals surface area (Å²) in [5, 5.41) is 18.7. The van der Waals surface area contributed by atoms with E-state index in [0.29, 0.717) is 52.2 Å². The molecule has 1 unspecified atom stereocenters. The second-order valence-electron chi connectivity index (χ2n) is 9.14. The molecule has 0 saturated heterocycles. The van der Waals surface area contributed by atoms with E-state index in [4.69, 9.17) is 21.1 Å². The Morgan fingerprint density at radius 2 is 1.84 bits per heavy atom. The van der Waals surface area contributed by atoms with Crippen LogP contribution in [0, 0.1) is 13.8 Å². The molecule has 3 aromatic carbocycles. The molecule has 1 aliphatic rings. The Labute approximate surface area is 220 Å². The number of benzene rings is 3. The first-order valence-corrected chi connectivity index (χ1v) is 12.4. The number of phenolic OH excluding ortho intramolecular Hbond substituents is 1. The number of amides is 1.